The maximum atomic E-state index is 10.5. The largest absolute Gasteiger partial charge is 0.432 e. The second-order valence-electron chi connectivity index (χ2n) is 2.51. The van der Waals surface area contributed by atoms with Crippen LogP contribution in [0.25, 0.3) is 0 Å². The zero-order chi connectivity index (χ0) is 12.5. The minimum atomic E-state index is -3.59. The molecule has 0 amide bonds. The van der Waals surface area contributed by atoms with Gasteiger partial charge in [0.15, 0.2) is 0 Å². The van der Waals surface area contributed by atoms with E-state index in [4.69, 9.17) is 0 Å². The molecule has 0 aromatic carbocycles. The lowest BCUT2D eigenvalue weighted by Gasteiger charge is -2.09. The summed E-state index contributed by atoms with van der Waals surface area (Å²) in [5, 5.41) is 2.75. The third-order valence-electron chi connectivity index (χ3n) is 0.759. The molecule has 90 valence electrons. The number of hydrogen-bond donors (Lipinski definition) is 1. The van der Waals surface area contributed by atoms with Crippen LogP contribution >= 0.6 is 0 Å². The Hall–Kier alpha value is -0.920. The SMILES string of the molecule is C=CC(=O)OC(C)OS(C)(=O)=O.CNC. The highest BCUT2D eigenvalue weighted by molar-refractivity contribution is 7.86. The van der Waals surface area contributed by atoms with Gasteiger partial charge < -0.3 is 10.1 Å². The van der Waals surface area contributed by atoms with Gasteiger partial charge in [-0.25, -0.2) is 8.98 Å². The fraction of sp³-hybridized carbons (Fsp3) is 0.625. The van der Waals surface area contributed by atoms with Crippen LogP contribution in [0.5, 0.6) is 0 Å². The van der Waals surface area contributed by atoms with E-state index in [9.17, 15) is 13.2 Å². The highest BCUT2D eigenvalue weighted by Crippen LogP contribution is 1.99. The van der Waals surface area contributed by atoms with E-state index in [1.54, 1.807) is 0 Å². The molecular weight excluding hydrogens is 222 g/mol. The summed E-state index contributed by atoms with van der Waals surface area (Å²) in [6.45, 7) is 4.42. The van der Waals surface area contributed by atoms with Gasteiger partial charge in [-0.2, -0.15) is 8.42 Å². The molecular formula is C8H17NO5S. The van der Waals surface area contributed by atoms with E-state index in [1.807, 2.05) is 14.1 Å². The number of ether oxygens (including phenoxy) is 1. The Morgan fingerprint density at radius 2 is 1.87 bits per heavy atom. The van der Waals surface area contributed by atoms with Crippen LogP contribution in [0.3, 0.4) is 0 Å². The van der Waals surface area contributed by atoms with Crippen LogP contribution < -0.4 is 5.32 Å². The first-order valence-electron chi connectivity index (χ1n) is 4.06. The Morgan fingerprint density at radius 3 is 2.13 bits per heavy atom. The Kier molecular flexibility index (Phi) is 9.24. The van der Waals surface area contributed by atoms with Crippen molar-refractivity contribution in [3.8, 4) is 0 Å². The normalized spacial score (nSPS) is 12.0. The summed E-state index contributed by atoms with van der Waals surface area (Å²) in [5.74, 6) is -0.730. The molecule has 0 fully saturated rings. The highest BCUT2D eigenvalue weighted by atomic mass is 32.2. The summed E-state index contributed by atoms with van der Waals surface area (Å²) in [6.07, 6.45) is 0.665. The molecule has 0 heterocycles. The first kappa shape index (κ1) is 16.5. The lowest BCUT2D eigenvalue weighted by atomic mass is 10.6. The number of esters is 1. The Bertz CT molecular complexity index is 285. The van der Waals surface area contributed by atoms with Crippen molar-refractivity contribution < 1.29 is 22.1 Å². The first-order valence-corrected chi connectivity index (χ1v) is 5.88. The molecule has 7 heteroatoms. The van der Waals surface area contributed by atoms with Crippen molar-refractivity contribution in [3.05, 3.63) is 12.7 Å². The van der Waals surface area contributed by atoms with E-state index in [-0.39, 0.29) is 0 Å². The first-order chi connectivity index (χ1) is 6.76. The molecule has 0 saturated heterocycles. The smallest absolute Gasteiger partial charge is 0.332 e. The summed E-state index contributed by atoms with van der Waals surface area (Å²) in [5.41, 5.74) is 0. The maximum absolute atomic E-state index is 10.5. The third kappa shape index (κ3) is 15.8. The molecule has 6 nitrogen and oxygen atoms in total. The monoisotopic (exact) mass is 239 g/mol. The van der Waals surface area contributed by atoms with Crippen molar-refractivity contribution in [1.82, 2.24) is 5.32 Å². The van der Waals surface area contributed by atoms with E-state index < -0.39 is 22.4 Å². The molecule has 0 aliphatic rings. The van der Waals surface area contributed by atoms with Crippen molar-refractivity contribution in [2.45, 2.75) is 13.2 Å². The van der Waals surface area contributed by atoms with Gasteiger partial charge in [0.2, 0.25) is 6.29 Å². The highest BCUT2D eigenvalue weighted by Gasteiger charge is 2.12. The molecule has 0 saturated carbocycles. The van der Waals surface area contributed by atoms with Gasteiger partial charge in [-0.3, -0.25) is 0 Å². The number of carbonyl (C=O) groups excluding carboxylic acids is 1. The molecule has 0 aromatic rings. The Morgan fingerprint density at radius 1 is 1.47 bits per heavy atom. The van der Waals surface area contributed by atoms with Crippen molar-refractivity contribution >= 4 is 16.1 Å². The van der Waals surface area contributed by atoms with E-state index in [2.05, 4.69) is 20.8 Å². The Balaban J connectivity index is 0. The molecule has 1 unspecified atom stereocenters. The molecule has 1 atom stereocenters. The molecule has 0 aliphatic carbocycles. The van der Waals surface area contributed by atoms with Crippen LogP contribution in [0.2, 0.25) is 0 Å². The van der Waals surface area contributed by atoms with Crippen LogP contribution in [0, 0.1) is 0 Å². The van der Waals surface area contributed by atoms with E-state index in [0.29, 0.717) is 0 Å². The Labute approximate surface area is 90.4 Å². The van der Waals surface area contributed by atoms with Crippen LogP contribution in [0.4, 0.5) is 0 Å². The summed E-state index contributed by atoms with van der Waals surface area (Å²) < 4.78 is 29.7. The van der Waals surface area contributed by atoms with Crippen molar-refractivity contribution in [3.63, 3.8) is 0 Å². The van der Waals surface area contributed by atoms with Crippen molar-refractivity contribution in [2.75, 3.05) is 20.4 Å². The molecule has 15 heavy (non-hydrogen) atoms. The predicted molar refractivity (Wildman–Crippen MR) is 56.7 cm³/mol. The average molecular weight is 239 g/mol. The molecule has 0 aromatic heterocycles. The van der Waals surface area contributed by atoms with E-state index in [1.165, 1.54) is 6.92 Å². The molecule has 0 radical (unpaired) electrons. The molecule has 1 N–H and O–H groups in total. The van der Waals surface area contributed by atoms with Crippen LogP contribution in [-0.2, 0) is 23.8 Å². The average Bonchev–Trinajstić information content (AvgIpc) is 2.01. The molecule has 0 aliphatic heterocycles. The quantitative estimate of drug-likeness (QED) is 0.318. The minimum absolute atomic E-state index is 0.730. The fourth-order valence-electron chi connectivity index (χ4n) is 0.477. The summed E-state index contributed by atoms with van der Waals surface area (Å²) in [6, 6.07) is 0. The molecule has 0 rings (SSSR count). The summed E-state index contributed by atoms with van der Waals surface area (Å²) >= 11 is 0. The number of carbonyl (C=O) groups is 1. The summed E-state index contributed by atoms with van der Waals surface area (Å²) in [7, 11) is 0.161. The van der Waals surface area contributed by atoms with Crippen molar-refractivity contribution in [2.24, 2.45) is 0 Å². The summed E-state index contributed by atoms with van der Waals surface area (Å²) in [4.78, 5) is 10.5. The maximum Gasteiger partial charge on any atom is 0.332 e. The number of hydrogen-bond acceptors (Lipinski definition) is 6. The van der Waals surface area contributed by atoms with Gasteiger partial charge in [0.05, 0.1) is 6.26 Å². The van der Waals surface area contributed by atoms with Gasteiger partial charge in [0, 0.05) is 6.08 Å². The standard InChI is InChI=1S/C6H10O5S.C2H7N/c1-4-6(7)10-5(2)11-12(3,8)9;1-3-2/h4-5H,1H2,2-3H3;3H,1-2H3. The second kappa shape index (κ2) is 8.39. The predicted octanol–water partition coefficient (Wildman–Crippen LogP) is -0.127. The minimum Gasteiger partial charge on any atom is -0.432 e. The van der Waals surface area contributed by atoms with Crippen molar-refractivity contribution in [1.29, 1.82) is 0 Å². The third-order valence-corrected chi connectivity index (χ3v) is 1.38. The lowest BCUT2D eigenvalue weighted by Crippen LogP contribution is -2.19. The number of rotatable bonds is 4. The lowest BCUT2D eigenvalue weighted by molar-refractivity contribution is -0.154. The number of nitrogens with one attached hydrogen (secondary N) is 1. The van der Waals surface area contributed by atoms with Gasteiger partial charge in [0.25, 0.3) is 10.1 Å². The van der Waals surface area contributed by atoms with Gasteiger partial charge in [0.1, 0.15) is 0 Å². The van der Waals surface area contributed by atoms with Gasteiger partial charge in [-0.05, 0) is 21.0 Å². The second-order valence-corrected chi connectivity index (χ2v) is 4.11. The van der Waals surface area contributed by atoms with Gasteiger partial charge in [-0.15, -0.1) is 0 Å². The van der Waals surface area contributed by atoms with Crippen LogP contribution in [0.1, 0.15) is 6.92 Å². The fourth-order valence-corrected chi connectivity index (χ4v) is 1.01. The van der Waals surface area contributed by atoms with Crippen LogP contribution in [0.15, 0.2) is 12.7 Å². The topological polar surface area (TPSA) is 81.7 Å². The van der Waals surface area contributed by atoms with E-state index in [0.717, 1.165) is 12.3 Å². The van der Waals surface area contributed by atoms with Gasteiger partial charge in [-0.1, -0.05) is 6.58 Å². The zero-order valence-electron chi connectivity index (χ0n) is 9.31. The molecule has 0 spiro atoms. The van der Waals surface area contributed by atoms with Crippen LogP contribution in [-0.4, -0.2) is 41.0 Å². The molecule has 0 bridgehead atoms. The zero-order valence-corrected chi connectivity index (χ0v) is 10.1. The van der Waals surface area contributed by atoms with E-state index >= 15 is 0 Å². The van der Waals surface area contributed by atoms with Gasteiger partial charge >= 0.3 is 5.97 Å².